The minimum atomic E-state index is 0.905. The van der Waals surface area contributed by atoms with E-state index < -0.39 is 0 Å². The van der Waals surface area contributed by atoms with Crippen molar-refractivity contribution in [1.29, 1.82) is 0 Å². The molecule has 0 unspecified atom stereocenters. The molecule has 3 heteroatoms. The Balaban J connectivity index is 1.92. The molecule has 1 heterocycles. The smallest absolute Gasteiger partial charge is 0.0455 e. The summed E-state index contributed by atoms with van der Waals surface area (Å²) in [5, 5.41) is 3.55. The molecule has 2 rings (SSSR count). The van der Waals surface area contributed by atoms with E-state index in [2.05, 4.69) is 78.2 Å². The van der Waals surface area contributed by atoms with Crippen LogP contribution < -0.4 is 5.32 Å². The fourth-order valence-corrected chi connectivity index (χ4v) is 2.58. The molecule has 0 radical (unpaired) electrons. The van der Waals surface area contributed by atoms with Gasteiger partial charge in [-0.3, -0.25) is 0 Å². The van der Waals surface area contributed by atoms with Crippen molar-refractivity contribution < 1.29 is 0 Å². The van der Waals surface area contributed by atoms with Crippen LogP contribution in [0.3, 0.4) is 0 Å². The Morgan fingerprint density at radius 3 is 2.62 bits per heavy atom. The molecule has 0 aliphatic rings. The van der Waals surface area contributed by atoms with E-state index in [1.807, 2.05) is 0 Å². The Morgan fingerprint density at radius 2 is 1.90 bits per heavy atom. The van der Waals surface area contributed by atoms with E-state index in [9.17, 15) is 0 Å². The highest BCUT2D eigenvalue weighted by Gasteiger charge is 2.04. The zero-order valence-electron chi connectivity index (χ0n) is 13.5. The van der Waals surface area contributed by atoms with Crippen molar-refractivity contribution in [2.75, 3.05) is 26.2 Å². The van der Waals surface area contributed by atoms with Crippen molar-refractivity contribution in [2.45, 2.75) is 27.3 Å². The fraction of sp³-hybridized carbons (Fsp3) is 0.444. The lowest BCUT2D eigenvalue weighted by Crippen LogP contribution is -2.31. The lowest BCUT2D eigenvalue weighted by atomic mass is 10.2. The molecular formula is C18H27N3. The summed E-state index contributed by atoms with van der Waals surface area (Å²) in [5.74, 6) is 0. The Morgan fingerprint density at radius 1 is 1.10 bits per heavy atom. The fourth-order valence-electron chi connectivity index (χ4n) is 2.58. The van der Waals surface area contributed by atoms with Crippen LogP contribution in [-0.4, -0.2) is 35.6 Å². The number of likely N-dealkylation sites (N-methyl/N-ethyl adjacent to an activating group) is 1. The average molecular weight is 285 g/mol. The predicted octanol–water partition coefficient (Wildman–Crippen LogP) is 3.22. The maximum absolute atomic E-state index is 3.55. The summed E-state index contributed by atoms with van der Waals surface area (Å²) in [6, 6.07) is 12.9. The van der Waals surface area contributed by atoms with Crippen LogP contribution in [0.5, 0.6) is 0 Å². The van der Waals surface area contributed by atoms with E-state index >= 15 is 0 Å². The molecule has 0 spiro atoms. The maximum atomic E-state index is 3.55. The van der Waals surface area contributed by atoms with Crippen LogP contribution >= 0.6 is 0 Å². The monoisotopic (exact) mass is 285 g/mol. The van der Waals surface area contributed by atoms with Crippen LogP contribution in [0, 0.1) is 6.92 Å². The highest BCUT2D eigenvalue weighted by molar-refractivity contribution is 5.37. The first-order valence-corrected chi connectivity index (χ1v) is 7.91. The number of rotatable bonds is 8. The molecule has 0 aliphatic heterocycles. The standard InChI is InChI=1S/C18H27N3/c1-4-20(5-2)13-11-19-15-18-10-7-12-21(18)17-9-6-8-16(3)14-17/h6-10,12,14,19H,4-5,11,13,15H2,1-3H3. The number of benzene rings is 1. The molecule has 0 saturated carbocycles. The van der Waals surface area contributed by atoms with Crippen molar-refractivity contribution in [3.63, 3.8) is 0 Å². The summed E-state index contributed by atoms with van der Waals surface area (Å²) in [5.41, 5.74) is 3.84. The van der Waals surface area contributed by atoms with Crippen molar-refractivity contribution in [3.8, 4) is 5.69 Å². The van der Waals surface area contributed by atoms with Crippen molar-refractivity contribution in [2.24, 2.45) is 0 Å². The third kappa shape index (κ3) is 4.45. The molecule has 21 heavy (non-hydrogen) atoms. The van der Waals surface area contributed by atoms with E-state index in [1.165, 1.54) is 16.9 Å². The van der Waals surface area contributed by atoms with Crippen LogP contribution in [0.4, 0.5) is 0 Å². The number of hydrogen-bond donors (Lipinski definition) is 1. The summed E-state index contributed by atoms with van der Waals surface area (Å²) < 4.78 is 2.26. The second kappa shape index (κ2) is 8.01. The largest absolute Gasteiger partial charge is 0.320 e. The molecular weight excluding hydrogens is 258 g/mol. The topological polar surface area (TPSA) is 20.2 Å². The molecule has 0 saturated heterocycles. The summed E-state index contributed by atoms with van der Waals surface area (Å²) in [6.45, 7) is 11.9. The van der Waals surface area contributed by atoms with Crippen molar-refractivity contribution in [1.82, 2.24) is 14.8 Å². The van der Waals surface area contributed by atoms with Gasteiger partial charge < -0.3 is 14.8 Å². The number of nitrogens with one attached hydrogen (secondary N) is 1. The van der Waals surface area contributed by atoms with Crippen LogP contribution in [0.15, 0.2) is 42.6 Å². The van der Waals surface area contributed by atoms with Gasteiger partial charge in [0.05, 0.1) is 0 Å². The van der Waals surface area contributed by atoms with E-state index in [1.54, 1.807) is 0 Å². The Labute approximate surface area is 128 Å². The van der Waals surface area contributed by atoms with Gasteiger partial charge in [-0.15, -0.1) is 0 Å². The van der Waals surface area contributed by atoms with E-state index in [4.69, 9.17) is 0 Å². The van der Waals surface area contributed by atoms with Gasteiger partial charge in [0.15, 0.2) is 0 Å². The normalized spacial score (nSPS) is 11.2. The van der Waals surface area contributed by atoms with E-state index in [0.29, 0.717) is 0 Å². The average Bonchev–Trinajstić information content (AvgIpc) is 2.96. The quantitative estimate of drug-likeness (QED) is 0.752. The van der Waals surface area contributed by atoms with Gasteiger partial charge in [0.2, 0.25) is 0 Å². The van der Waals surface area contributed by atoms with Gasteiger partial charge in [-0.2, -0.15) is 0 Å². The van der Waals surface area contributed by atoms with Crippen LogP contribution in [0.25, 0.3) is 5.69 Å². The molecule has 3 nitrogen and oxygen atoms in total. The third-order valence-corrected chi connectivity index (χ3v) is 3.92. The van der Waals surface area contributed by atoms with Gasteiger partial charge >= 0.3 is 0 Å². The molecule has 0 amide bonds. The van der Waals surface area contributed by atoms with Crippen molar-refractivity contribution in [3.05, 3.63) is 53.9 Å². The van der Waals surface area contributed by atoms with E-state index in [-0.39, 0.29) is 0 Å². The lowest BCUT2D eigenvalue weighted by Gasteiger charge is -2.18. The summed E-state index contributed by atoms with van der Waals surface area (Å²) in [6.07, 6.45) is 2.14. The Hall–Kier alpha value is -1.58. The summed E-state index contributed by atoms with van der Waals surface area (Å²) in [4.78, 5) is 2.44. The van der Waals surface area contributed by atoms with Gasteiger partial charge in [0.1, 0.15) is 0 Å². The molecule has 1 aromatic heterocycles. The molecule has 2 aromatic rings. The second-order valence-electron chi connectivity index (χ2n) is 5.41. The first-order chi connectivity index (χ1) is 10.2. The summed E-state index contributed by atoms with van der Waals surface area (Å²) >= 11 is 0. The molecule has 0 aliphatic carbocycles. The zero-order chi connectivity index (χ0) is 15.1. The van der Waals surface area contributed by atoms with Gasteiger partial charge in [0.25, 0.3) is 0 Å². The highest BCUT2D eigenvalue weighted by Crippen LogP contribution is 2.14. The minimum Gasteiger partial charge on any atom is -0.320 e. The van der Waals surface area contributed by atoms with Gasteiger partial charge in [0, 0.05) is 37.2 Å². The van der Waals surface area contributed by atoms with Gasteiger partial charge in [-0.1, -0.05) is 26.0 Å². The molecule has 1 N–H and O–H groups in total. The Bertz CT molecular complexity index is 541. The maximum Gasteiger partial charge on any atom is 0.0455 e. The zero-order valence-corrected chi connectivity index (χ0v) is 13.5. The number of nitrogens with zero attached hydrogens (tertiary/aromatic N) is 2. The number of aryl methyl sites for hydroxylation is 1. The molecule has 1 aromatic carbocycles. The van der Waals surface area contributed by atoms with Crippen LogP contribution in [0.2, 0.25) is 0 Å². The number of hydrogen-bond acceptors (Lipinski definition) is 2. The van der Waals surface area contributed by atoms with E-state index in [0.717, 1.165) is 32.7 Å². The number of aromatic nitrogens is 1. The molecule has 114 valence electrons. The Kier molecular flexibility index (Phi) is 6.03. The van der Waals surface area contributed by atoms with Gasteiger partial charge in [-0.05, 0) is 49.8 Å². The summed E-state index contributed by atoms with van der Waals surface area (Å²) in [7, 11) is 0. The first-order valence-electron chi connectivity index (χ1n) is 7.91. The minimum absolute atomic E-state index is 0.905. The highest BCUT2D eigenvalue weighted by atomic mass is 15.1. The van der Waals surface area contributed by atoms with Crippen molar-refractivity contribution >= 4 is 0 Å². The molecule has 0 fully saturated rings. The molecule has 0 atom stereocenters. The van der Waals surface area contributed by atoms with Crippen LogP contribution in [0.1, 0.15) is 25.1 Å². The first kappa shape index (κ1) is 15.8. The predicted molar refractivity (Wildman–Crippen MR) is 90.0 cm³/mol. The SMILES string of the molecule is CCN(CC)CCNCc1cccn1-c1cccc(C)c1. The third-order valence-electron chi connectivity index (χ3n) is 3.92. The lowest BCUT2D eigenvalue weighted by molar-refractivity contribution is 0.302. The second-order valence-corrected chi connectivity index (χ2v) is 5.41. The van der Waals surface area contributed by atoms with Gasteiger partial charge in [-0.25, -0.2) is 0 Å². The van der Waals surface area contributed by atoms with Crippen LogP contribution in [-0.2, 0) is 6.54 Å². The molecule has 0 bridgehead atoms.